The molecular weight excluding hydrogens is 342 g/mol. The minimum atomic E-state index is -0.461. The monoisotopic (exact) mass is 369 g/mol. The number of ether oxygens (including phenoxy) is 1. The number of para-hydroxylation sites is 1. The van der Waals surface area contributed by atoms with Gasteiger partial charge in [-0.2, -0.15) is 5.10 Å². The minimum absolute atomic E-state index is 0.0666. The molecule has 4 rings (SSSR count). The molecule has 1 N–H and O–H groups in total. The lowest BCUT2D eigenvalue weighted by molar-refractivity contribution is -0.142. The van der Waals surface area contributed by atoms with Crippen molar-refractivity contribution < 1.29 is 14.6 Å². The first-order valence-corrected chi connectivity index (χ1v) is 9.76. The zero-order chi connectivity index (χ0) is 18.8. The lowest BCUT2D eigenvalue weighted by Gasteiger charge is -2.34. The maximum Gasteiger partial charge on any atom is 0.226 e. The summed E-state index contributed by atoms with van der Waals surface area (Å²) in [4.78, 5) is 15.2. The van der Waals surface area contributed by atoms with Crippen LogP contribution in [0.5, 0.6) is 0 Å². The summed E-state index contributed by atoms with van der Waals surface area (Å²) in [5, 5.41) is 14.5. The van der Waals surface area contributed by atoms with Gasteiger partial charge in [-0.1, -0.05) is 18.2 Å². The maximum absolute atomic E-state index is 13.2. The van der Waals surface area contributed by atoms with E-state index in [9.17, 15) is 9.90 Å². The Kier molecular flexibility index (Phi) is 5.27. The molecule has 27 heavy (non-hydrogen) atoms. The standard InChI is InChI=1S/C21H27N3O3/c1-27-20-11-16(7-10-19(20)25)21(26)23(17-8-9-17)13-15-12-22-24(14-15)18-5-3-2-4-6-18/h2-6,12,14,16-17,19-20,25H,7-11,13H2,1H3/t16-,19+,20-/m1/s1. The summed E-state index contributed by atoms with van der Waals surface area (Å²) < 4.78 is 7.23. The molecule has 6 heteroatoms. The van der Waals surface area contributed by atoms with E-state index in [0.29, 0.717) is 25.4 Å². The second-order valence-corrected chi connectivity index (χ2v) is 7.68. The molecule has 2 saturated carbocycles. The van der Waals surface area contributed by atoms with Crippen LogP contribution in [0.4, 0.5) is 0 Å². The van der Waals surface area contributed by atoms with Crippen LogP contribution < -0.4 is 0 Å². The SMILES string of the molecule is CO[C@@H]1C[C@H](C(=O)N(Cc2cnn(-c3ccccc3)c2)C2CC2)CC[C@@H]1O. The largest absolute Gasteiger partial charge is 0.390 e. The zero-order valence-corrected chi connectivity index (χ0v) is 15.7. The molecule has 1 amide bonds. The lowest BCUT2D eigenvalue weighted by Crippen LogP contribution is -2.43. The summed E-state index contributed by atoms with van der Waals surface area (Å²) >= 11 is 0. The van der Waals surface area contributed by atoms with E-state index < -0.39 is 6.10 Å². The van der Waals surface area contributed by atoms with Crippen molar-refractivity contribution in [1.29, 1.82) is 0 Å². The highest BCUT2D eigenvalue weighted by molar-refractivity contribution is 5.79. The molecule has 0 bridgehead atoms. The van der Waals surface area contributed by atoms with Crippen LogP contribution >= 0.6 is 0 Å². The Bertz CT molecular complexity index is 772. The summed E-state index contributed by atoms with van der Waals surface area (Å²) in [7, 11) is 1.61. The Hall–Kier alpha value is -2.18. The third-order valence-corrected chi connectivity index (χ3v) is 5.69. The van der Waals surface area contributed by atoms with E-state index in [1.165, 1.54) is 0 Å². The predicted octanol–water partition coefficient (Wildman–Crippen LogP) is 2.54. The zero-order valence-electron chi connectivity index (χ0n) is 15.7. The highest BCUT2D eigenvalue weighted by atomic mass is 16.5. The van der Waals surface area contributed by atoms with Gasteiger partial charge < -0.3 is 14.7 Å². The van der Waals surface area contributed by atoms with Crippen molar-refractivity contribution in [2.24, 2.45) is 5.92 Å². The van der Waals surface area contributed by atoms with Crippen LogP contribution in [0.3, 0.4) is 0 Å². The molecule has 144 valence electrons. The van der Waals surface area contributed by atoms with E-state index in [1.807, 2.05) is 52.3 Å². The summed E-state index contributed by atoms with van der Waals surface area (Å²) in [5.41, 5.74) is 2.05. The first-order valence-electron chi connectivity index (χ1n) is 9.76. The van der Waals surface area contributed by atoms with Crippen molar-refractivity contribution >= 4 is 5.91 Å². The van der Waals surface area contributed by atoms with Crippen molar-refractivity contribution in [3.8, 4) is 5.69 Å². The van der Waals surface area contributed by atoms with Gasteiger partial charge in [-0.25, -0.2) is 4.68 Å². The molecule has 3 atom stereocenters. The molecule has 2 fully saturated rings. The highest BCUT2D eigenvalue weighted by Crippen LogP contribution is 2.34. The van der Waals surface area contributed by atoms with E-state index in [1.54, 1.807) is 7.11 Å². The number of aliphatic hydroxyl groups is 1. The van der Waals surface area contributed by atoms with Crippen LogP contribution in [0.25, 0.3) is 5.69 Å². The van der Waals surface area contributed by atoms with E-state index in [2.05, 4.69) is 5.10 Å². The molecule has 6 nitrogen and oxygen atoms in total. The average molecular weight is 369 g/mol. The Morgan fingerprint density at radius 3 is 2.74 bits per heavy atom. The van der Waals surface area contributed by atoms with Gasteiger partial charge in [0, 0.05) is 37.4 Å². The van der Waals surface area contributed by atoms with Gasteiger partial charge in [0.05, 0.1) is 24.1 Å². The second-order valence-electron chi connectivity index (χ2n) is 7.68. The fraction of sp³-hybridized carbons (Fsp3) is 0.524. The molecule has 2 aromatic rings. The summed E-state index contributed by atoms with van der Waals surface area (Å²) in [6.45, 7) is 0.590. The van der Waals surface area contributed by atoms with Crippen LogP contribution in [0, 0.1) is 5.92 Å². The smallest absolute Gasteiger partial charge is 0.226 e. The number of hydrogen-bond acceptors (Lipinski definition) is 4. The van der Waals surface area contributed by atoms with Crippen LogP contribution in [-0.4, -0.2) is 51.1 Å². The number of benzene rings is 1. The number of methoxy groups -OCH3 is 1. The topological polar surface area (TPSA) is 67.6 Å². The van der Waals surface area contributed by atoms with Crippen molar-refractivity contribution in [1.82, 2.24) is 14.7 Å². The van der Waals surface area contributed by atoms with Crippen LogP contribution in [0.1, 0.15) is 37.7 Å². The maximum atomic E-state index is 13.2. The summed E-state index contributed by atoms with van der Waals surface area (Å²) in [6.07, 6.45) is 7.24. The second kappa shape index (κ2) is 7.82. The van der Waals surface area contributed by atoms with E-state index in [-0.39, 0.29) is 17.9 Å². The quantitative estimate of drug-likeness (QED) is 0.850. The van der Waals surface area contributed by atoms with E-state index in [4.69, 9.17) is 4.74 Å². The number of amides is 1. The first-order chi connectivity index (χ1) is 13.2. The highest BCUT2D eigenvalue weighted by Gasteiger charge is 2.39. The molecule has 0 saturated heterocycles. The third-order valence-electron chi connectivity index (χ3n) is 5.69. The molecule has 2 aliphatic rings. The molecular formula is C21H27N3O3. The molecule has 0 unspecified atom stereocenters. The predicted molar refractivity (Wildman–Crippen MR) is 101 cm³/mol. The van der Waals surface area contributed by atoms with Gasteiger partial charge in [-0.3, -0.25) is 4.79 Å². The summed E-state index contributed by atoms with van der Waals surface area (Å²) in [5.74, 6) is 0.127. The van der Waals surface area contributed by atoms with Crippen LogP contribution in [0.2, 0.25) is 0 Å². The Labute approximate surface area is 159 Å². The number of rotatable bonds is 6. The van der Waals surface area contributed by atoms with Crippen molar-refractivity contribution in [3.63, 3.8) is 0 Å². The van der Waals surface area contributed by atoms with E-state index in [0.717, 1.165) is 30.5 Å². The number of aromatic nitrogens is 2. The number of carbonyl (C=O) groups excluding carboxylic acids is 1. The van der Waals surface area contributed by atoms with Gasteiger partial charge >= 0.3 is 0 Å². The van der Waals surface area contributed by atoms with Crippen LogP contribution in [-0.2, 0) is 16.1 Å². The molecule has 0 spiro atoms. The number of nitrogens with zero attached hydrogens (tertiary/aromatic N) is 3. The van der Waals surface area contributed by atoms with Gasteiger partial charge in [0.15, 0.2) is 0 Å². The Morgan fingerprint density at radius 2 is 2.04 bits per heavy atom. The van der Waals surface area contributed by atoms with Gasteiger partial charge in [0.25, 0.3) is 0 Å². The number of carbonyl (C=O) groups is 1. The number of hydrogen-bond donors (Lipinski definition) is 1. The summed E-state index contributed by atoms with van der Waals surface area (Å²) in [6, 6.07) is 10.3. The minimum Gasteiger partial charge on any atom is -0.390 e. The van der Waals surface area contributed by atoms with Gasteiger partial charge in [0.1, 0.15) is 0 Å². The van der Waals surface area contributed by atoms with Crippen LogP contribution in [0.15, 0.2) is 42.7 Å². The third kappa shape index (κ3) is 4.06. The number of aliphatic hydroxyl groups excluding tert-OH is 1. The fourth-order valence-electron chi connectivity index (χ4n) is 3.96. The van der Waals surface area contributed by atoms with Crippen molar-refractivity contribution in [2.45, 2.75) is 56.9 Å². The normalized spacial score (nSPS) is 25.3. The molecule has 0 radical (unpaired) electrons. The molecule has 2 aliphatic carbocycles. The molecule has 0 aliphatic heterocycles. The molecule has 1 aromatic heterocycles. The van der Waals surface area contributed by atoms with Gasteiger partial charge in [-0.15, -0.1) is 0 Å². The Balaban J connectivity index is 1.46. The van der Waals surface area contributed by atoms with Gasteiger partial charge in [0.2, 0.25) is 5.91 Å². The molecule has 1 heterocycles. The first kappa shape index (κ1) is 18.2. The lowest BCUT2D eigenvalue weighted by atomic mass is 9.84. The van der Waals surface area contributed by atoms with Crippen molar-refractivity contribution in [3.05, 3.63) is 48.3 Å². The Morgan fingerprint density at radius 1 is 1.26 bits per heavy atom. The van der Waals surface area contributed by atoms with Crippen molar-refractivity contribution in [2.75, 3.05) is 7.11 Å². The fourth-order valence-corrected chi connectivity index (χ4v) is 3.96. The average Bonchev–Trinajstić information content (AvgIpc) is 3.44. The molecule has 1 aromatic carbocycles. The van der Waals surface area contributed by atoms with Gasteiger partial charge in [-0.05, 0) is 44.2 Å². The van der Waals surface area contributed by atoms with E-state index >= 15 is 0 Å².